The van der Waals surface area contributed by atoms with Crippen molar-refractivity contribution in [3.63, 3.8) is 0 Å². The molecule has 4 aromatic rings. The normalized spacial score (nSPS) is 22.9. The van der Waals surface area contributed by atoms with Gasteiger partial charge in [0.05, 0.1) is 6.33 Å². The maximum atomic E-state index is 12.7. The van der Waals surface area contributed by atoms with Gasteiger partial charge >= 0.3 is 0 Å². The van der Waals surface area contributed by atoms with Crippen molar-refractivity contribution in [2.75, 3.05) is 18.0 Å². The van der Waals surface area contributed by atoms with Crippen molar-refractivity contribution in [3.8, 4) is 0 Å². The molecule has 3 aromatic heterocycles. The molecule has 2 fully saturated rings. The molecule has 0 N–H and O–H groups in total. The highest BCUT2D eigenvalue weighted by atomic mass is 16.5. The molecule has 0 amide bonds. The molecule has 6 rings (SSSR count). The van der Waals surface area contributed by atoms with Crippen molar-refractivity contribution in [2.45, 2.75) is 12.5 Å². The number of aromatic nitrogens is 6. The van der Waals surface area contributed by atoms with E-state index in [4.69, 9.17) is 4.52 Å². The van der Waals surface area contributed by atoms with E-state index in [0.717, 1.165) is 18.9 Å². The van der Waals surface area contributed by atoms with E-state index < -0.39 is 0 Å². The van der Waals surface area contributed by atoms with E-state index in [-0.39, 0.29) is 12.1 Å². The Morgan fingerprint density at radius 2 is 1.86 bits per heavy atom. The van der Waals surface area contributed by atoms with Gasteiger partial charge in [-0.15, -0.1) is 0 Å². The van der Waals surface area contributed by atoms with Crippen molar-refractivity contribution in [1.29, 1.82) is 0 Å². The molecule has 4 heterocycles. The maximum Gasteiger partial charge on any atom is 0.280 e. The van der Waals surface area contributed by atoms with Crippen molar-refractivity contribution in [3.05, 3.63) is 65.1 Å². The molecule has 0 spiro atoms. The molecule has 0 radical (unpaired) electrons. The van der Waals surface area contributed by atoms with Crippen LogP contribution in [0.15, 0.2) is 52.3 Å². The van der Waals surface area contributed by atoms with Gasteiger partial charge in [-0.1, -0.05) is 23.4 Å². The SMILES string of the molecule is Cn1cnc2ncn(Cc3nc(C4C5CN(c6ccccc6)CC54)no3)c(=O)c21. The van der Waals surface area contributed by atoms with Gasteiger partial charge in [0.2, 0.25) is 5.89 Å². The monoisotopic (exact) mass is 389 g/mol. The molecule has 0 bridgehead atoms. The minimum absolute atomic E-state index is 0.170. The molecule has 1 saturated heterocycles. The van der Waals surface area contributed by atoms with Gasteiger partial charge in [0, 0.05) is 31.7 Å². The largest absolute Gasteiger partial charge is 0.371 e. The van der Waals surface area contributed by atoms with Crippen LogP contribution in [-0.2, 0) is 13.6 Å². The summed E-state index contributed by atoms with van der Waals surface area (Å²) >= 11 is 0. The minimum atomic E-state index is -0.170. The second-order valence-electron chi connectivity index (χ2n) is 7.85. The van der Waals surface area contributed by atoms with E-state index in [9.17, 15) is 4.79 Å². The van der Waals surface area contributed by atoms with Crippen LogP contribution in [0, 0.1) is 11.8 Å². The van der Waals surface area contributed by atoms with Crippen LogP contribution in [0.2, 0.25) is 0 Å². The third-order valence-electron chi connectivity index (χ3n) is 6.10. The second kappa shape index (κ2) is 6.00. The van der Waals surface area contributed by atoms with Gasteiger partial charge in [-0.2, -0.15) is 4.98 Å². The number of nitrogens with zero attached hydrogens (tertiary/aromatic N) is 7. The number of hydrogen-bond donors (Lipinski definition) is 0. The maximum absolute atomic E-state index is 12.7. The highest BCUT2D eigenvalue weighted by Gasteiger charge is 2.58. The van der Waals surface area contributed by atoms with Crippen LogP contribution < -0.4 is 10.5 Å². The summed E-state index contributed by atoms with van der Waals surface area (Å²) in [5.41, 5.74) is 2.00. The van der Waals surface area contributed by atoms with E-state index in [1.807, 2.05) is 6.07 Å². The highest BCUT2D eigenvalue weighted by Crippen LogP contribution is 2.57. The molecule has 2 aliphatic rings. The number of hydrogen-bond acceptors (Lipinski definition) is 7. The fraction of sp³-hybridized carbons (Fsp3) is 0.350. The number of fused-ring (bicyclic) bond motifs is 2. The number of piperidine rings is 1. The third kappa shape index (κ3) is 2.57. The standard InChI is InChI=1S/C20H19N7O2/c1-25-10-21-19-17(25)20(28)27(11-22-19)9-15-23-18(24-29-15)16-13-7-26(8-14(13)16)12-5-3-2-4-6-12/h2-6,10-11,13-14,16H,7-9H2,1H3. The Balaban J connectivity index is 1.18. The molecule has 9 nitrogen and oxygen atoms in total. The lowest BCUT2D eigenvalue weighted by atomic mass is 10.2. The van der Waals surface area contributed by atoms with Crippen molar-refractivity contribution >= 4 is 16.9 Å². The summed E-state index contributed by atoms with van der Waals surface area (Å²) in [6, 6.07) is 10.5. The fourth-order valence-electron chi connectivity index (χ4n) is 4.56. The summed E-state index contributed by atoms with van der Waals surface area (Å²) in [6.07, 6.45) is 3.06. The van der Waals surface area contributed by atoms with Gasteiger partial charge in [0.15, 0.2) is 17.0 Å². The molecule has 1 aromatic carbocycles. The Morgan fingerprint density at radius 3 is 2.66 bits per heavy atom. The van der Waals surface area contributed by atoms with Gasteiger partial charge < -0.3 is 14.0 Å². The number of aryl methyl sites for hydroxylation is 1. The van der Waals surface area contributed by atoms with E-state index in [1.54, 1.807) is 17.9 Å². The summed E-state index contributed by atoms with van der Waals surface area (Å²) in [5, 5.41) is 4.20. The lowest BCUT2D eigenvalue weighted by Crippen LogP contribution is -2.23. The van der Waals surface area contributed by atoms with Crippen LogP contribution >= 0.6 is 0 Å². The zero-order valence-corrected chi connectivity index (χ0v) is 15.8. The average Bonchev–Trinajstić information content (AvgIpc) is 3.16. The third-order valence-corrected chi connectivity index (χ3v) is 6.10. The molecule has 146 valence electrons. The summed E-state index contributed by atoms with van der Waals surface area (Å²) in [5.74, 6) is 2.66. The number of anilines is 1. The first-order valence-electron chi connectivity index (χ1n) is 9.68. The first-order chi connectivity index (χ1) is 14.2. The van der Waals surface area contributed by atoms with Crippen molar-refractivity contribution in [1.82, 2.24) is 29.2 Å². The fourth-order valence-corrected chi connectivity index (χ4v) is 4.56. The van der Waals surface area contributed by atoms with E-state index in [0.29, 0.717) is 34.8 Å². The van der Waals surface area contributed by atoms with Crippen LogP contribution in [0.1, 0.15) is 17.6 Å². The van der Waals surface area contributed by atoms with Crippen molar-refractivity contribution < 1.29 is 4.52 Å². The van der Waals surface area contributed by atoms with Gasteiger partial charge in [-0.25, -0.2) is 9.97 Å². The lowest BCUT2D eigenvalue weighted by molar-refractivity contribution is 0.363. The Kier molecular flexibility index (Phi) is 3.41. The Bertz CT molecular complexity index is 1250. The highest BCUT2D eigenvalue weighted by molar-refractivity contribution is 5.68. The van der Waals surface area contributed by atoms with Crippen LogP contribution in [0.5, 0.6) is 0 Å². The quantitative estimate of drug-likeness (QED) is 0.521. The van der Waals surface area contributed by atoms with Gasteiger partial charge in [0.25, 0.3) is 5.56 Å². The number of imidazole rings is 1. The van der Waals surface area contributed by atoms with Crippen molar-refractivity contribution in [2.24, 2.45) is 18.9 Å². The lowest BCUT2D eigenvalue weighted by Gasteiger charge is -2.21. The minimum Gasteiger partial charge on any atom is -0.371 e. The molecule has 1 aliphatic carbocycles. The molecule has 2 atom stereocenters. The number of benzene rings is 1. The molecule has 1 saturated carbocycles. The summed E-state index contributed by atoms with van der Waals surface area (Å²) in [4.78, 5) is 28.0. The summed E-state index contributed by atoms with van der Waals surface area (Å²) < 4.78 is 8.59. The first kappa shape index (κ1) is 16.5. The van der Waals surface area contributed by atoms with Crippen LogP contribution in [0.25, 0.3) is 11.2 Å². The molecule has 29 heavy (non-hydrogen) atoms. The molecule has 1 aliphatic heterocycles. The predicted molar refractivity (Wildman–Crippen MR) is 105 cm³/mol. The molecule has 2 unspecified atom stereocenters. The van der Waals surface area contributed by atoms with Gasteiger partial charge in [-0.05, 0) is 24.0 Å². The zero-order chi connectivity index (χ0) is 19.5. The van der Waals surface area contributed by atoms with Gasteiger partial charge in [0.1, 0.15) is 12.9 Å². The van der Waals surface area contributed by atoms with Gasteiger partial charge in [-0.3, -0.25) is 9.36 Å². The summed E-state index contributed by atoms with van der Waals surface area (Å²) in [6.45, 7) is 2.24. The van der Waals surface area contributed by atoms with E-state index in [2.05, 4.69) is 49.3 Å². The Labute approximate surface area is 165 Å². The topological polar surface area (TPSA) is 94.9 Å². The van der Waals surface area contributed by atoms with E-state index in [1.165, 1.54) is 16.6 Å². The zero-order valence-electron chi connectivity index (χ0n) is 15.8. The Morgan fingerprint density at radius 1 is 1.10 bits per heavy atom. The second-order valence-corrected chi connectivity index (χ2v) is 7.85. The molecule has 9 heteroatoms. The summed E-state index contributed by atoms with van der Waals surface area (Å²) in [7, 11) is 1.78. The number of para-hydroxylation sites is 1. The van der Waals surface area contributed by atoms with E-state index >= 15 is 0 Å². The average molecular weight is 389 g/mol. The molecular formula is C20H19N7O2. The first-order valence-corrected chi connectivity index (χ1v) is 9.68. The molecular weight excluding hydrogens is 370 g/mol. The smallest absolute Gasteiger partial charge is 0.280 e. The Hall–Kier alpha value is -3.49. The van der Waals surface area contributed by atoms with Crippen LogP contribution in [0.3, 0.4) is 0 Å². The van der Waals surface area contributed by atoms with Crippen LogP contribution in [0.4, 0.5) is 5.69 Å². The predicted octanol–water partition coefficient (Wildman–Crippen LogP) is 1.41. The van der Waals surface area contributed by atoms with Crippen LogP contribution in [-0.4, -0.2) is 42.3 Å². The number of rotatable bonds is 4.